The lowest BCUT2D eigenvalue weighted by Crippen LogP contribution is -2.34. The second-order valence-electron chi connectivity index (χ2n) is 6.01. The third-order valence-corrected chi connectivity index (χ3v) is 4.80. The van der Waals surface area contributed by atoms with E-state index in [0.717, 1.165) is 10.4 Å². The van der Waals surface area contributed by atoms with Crippen molar-refractivity contribution in [2.45, 2.75) is 6.92 Å². The zero-order valence-corrected chi connectivity index (χ0v) is 15.7. The molecule has 0 bridgehead atoms. The lowest BCUT2D eigenvalue weighted by molar-refractivity contribution is -0.116. The molecule has 0 saturated carbocycles. The van der Waals surface area contributed by atoms with Gasteiger partial charge in [0, 0.05) is 23.1 Å². The molecule has 1 heterocycles. The quantitative estimate of drug-likeness (QED) is 0.725. The number of likely N-dealkylation sites (N-methyl/N-ethyl adjacent to an activating group) is 1. The summed E-state index contributed by atoms with van der Waals surface area (Å²) >= 11 is 1.33. The summed E-state index contributed by atoms with van der Waals surface area (Å²) in [4.78, 5) is 31.3. The van der Waals surface area contributed by atoms with Crippen LogP contribution in [0.15, 0.2) is 54.6 Å². The molecule has 0 aliphatic carbocycles. The van der Waals surface area contributed by atoms with E-state index < -0.39 is 0 Å². The first-order valence-electron chi connectivity index (χ1n) is 8.28. The zero-order chi connectivity index (χ0) is 19.4. The summed E-state index contributed by atoms with van der Waals surface area (Å²) in [6, 6.07) is 14.8. The van der Waals surface area contributed by atoms with Gasteiger partial charge in [-0.25, -0.2) is 9.37 Å². The molecule has 0 aliphatic heterocycles. The molecule has 0 radical (unpaired) electrons. The molecule has 138 valence electrons. The summed E-state index contributed by atoms with van der Waals surface area (Å²) in [6.45, 7) is 1.80. The fourth-order valence-corrected chi connectivity index (χ4v) is 3.42. The predicted octanol–water partition coefficient (Wildman–Crippen LogP) is 3.97. The molecule has 1 aromatic heterocycles. The van der Waals surface area contributed by atoms with Crippen LogP contribution in [0.1, 0.15) is 15.2 Å². The van der Waals surface area contributed by atoms with E-state index >= 15 is 0 Å². The number of thiazole rings is 1. The normalized spacial score (nSPS) is 10.5. The van der Waals surface area contributed by atoms with Gasteiger partial charge in [-0.3, -0.25) is 9.59 Å². The van der Waals surface area contributed by atoms with Crippen LogP contribution in [0.4, 0.5) is 9.52 Å². The first-order valence-corrected chi connectivity index (χ1v) is 9.09. The Labute approximate surface area is 160 Å². The number of benzene rings is 2. The minimum atomic E-state index is -0.332. The Kier molecular flexibility index (Phi) is 5.61. The average molecular weight is 383 g/mol. The van der Waals surface area contributed by atoms with Crippen molar-refractivity contribution < 1.29 is 14.0 Å². The number of hydrogen-bond donors (Lipinski definition) is 1. The maximum atomic E-state index is 13.1. The molecule has 5 nitrogen and oxygen atoms in total. The van der Waals surface area contributed by atoms with E-state index in [1.54, 1.807) is 43.4 Å². The minimum Gasteiger partial charge on any atom is -0.332 e. The number of carbonyl (C=O) groups excluding carboxylic acids is 2. The number of carbonyl (C=O) groups is 2. The molecule has 0 aliphatic rings. The van der Waals surface area contributed by atoms with E-state index in [-0.39, 0.29) is 24.2 Å². The number of halogens is 1. The Balaban J connectivity index is 1.65. The third-order valence-electron chi connectivity index (χ3n) is 3.91. The highest BCUT2D eigenvalue weighted by atomic mass is 32.1. The molecule has 0 saturated heterocycles. The number of nitrogens with one attached hydrogen (secondary N) is 1. The Morgan fingerprint density at radius 3 is 2.44 bits per heavy atom. The van der Waals surface area contributed by atoms with Crippen LogP contribution in [-0.2, 0) is 4.79 Å². The lowest BCUT2D eigenvalue weighted by atomic mass is 10.1. The number of hydrogen-bond acceptors (Lipinski definition) is 4. The van der Waals surface area contributed by atoms with Gasteiger partial charge in [0.2, 0.25) is 5.91 Å². The van der Waals surface area contributed by atoms with Crippen molar-refractivity contribution in [3.8, 4) is 11.3 Å². The van der Waals surface area contributed by atoms with Crippen LogP contribution in [0.2, 0.25) is 0 Å². The topological polar surface area (TPSA) is 62.3 Å². The number of nitrogens with zero attached hydrogens (tertiary/aromatic N) is 2. The highest BCUT2D eigenvalue weighted by Crippen LogP contribution is 2.30. The van der Waals surface area contributed by atoms with Crippen molar-refractivity contribution in [3.05, 3.63) is 70.9 Å². The van der Waals surface area contributed by atoms with Gasteiger partial charge >= 0.3 is 0 Å². The number of amides is 2. The Hall–Kier alpha value is -3.06. The van der Waals surface area contributed by atoms with Crippen molar-refractivity contribution in [2.24, 2.45) is 0 Å². The van der Waals surface area contributed by atoms with Crippen molar-refractivity contribution in [1.82, 2.24) is 9.88 Å². The molecular formula is C20H18FN3O2S. The number of aryl methyl sites for hydroxylation is 1. The molecule has 7 heteroatoms. The molecule has 27 heavy (non-hydrogen) atoms. The number of rotatable bonds is 5. The predicted molar refractivity (Wildman–Crippen MR) is 104 cm³/mol. The number of anilines is 1. The van der Waals surface area contributed by atoms with E-state index in [1.165, 1.54) is 28.4 Å². The molecule has 0 fully saturated rings. The molecule has 0 atom stereocenters. The summed E-state index contributed by atoms with van der Waals surface area (Å²) < 4.78 is 13.1. The Morgan fingerprint density at radius 2 is 1.78 bits per heavy atom. The van der Waals surface area contributed by atoms with Gasteiger partial charge in [-0.1, -0.05) is 18.2 Å². The molecule has 2 amide bonds. The van der Waals surface area contributed by atoms with Gasteiger partial charge in [-0.2, -0.15) is 0 Å². The lowest BCUT2D eigenvalue weighted by Gasteiger charge is -2.16. The van der Waals surface area contributed by atoms with Crippen LogP contribution in [0.5, 0.6) is 0 Å². The van der Waals surface area contributed by atoms with Gasteiger partial charge in [0.15, 0.2) is 5.13 Å². The third kappa shape index (κ3) is 4.57. The van der Waals surface area contributed by atoms with Crippen molar-refractivity contribution in [2.75, 3.05) is 18.9 Å². The monoisotopic (exact) mass is 383 g/mol. The largest absolute Gasteiger partial charge is 0.332 e. The van der Waals surface area contributed by atoms with Crippen molar-refractivity contribution >= 4 is 28.3 Å². The molecule has 3 rings (SSSR count). The smallest absolute Gasteiger partial charge is 0.254 e. The van der Waals surface area contributed by atoms with Crippen LogP contribution < -0.4 is 5.32 Å². The van der Waals surface area contributed by atoms with E-state index in [1.807, 2.05) is 13.0 Å². The fourth-order valence-electron chi connectivity index (χ4n) is 2.57. The van der Waals surface area contributed by atoms with Gasteiger partial charge in [0.25, 0.3) is 5.91 Å². The van der Waals surface area contributed by atoms with Crippen LogP contribution in [0, 0.1) is 12.7 Å². The fraction of sp³-hybridized carbons (Fsp3) is 0.150. The van der Waals surface area contributed by atoms with Gasteiger partial charge in [0.1, 0.15) is 5.82 Å². The van der Waals surface area contributed by atoms with Crippen LogP contribution in [-0.4, -0.2) is 35.3 Å². The summed E-state index contributed by atoms with van der Waals surface area (Å²) in [7, 11) is 1.58. The molecule has 2 aromatic carbocycles. The van der Waals surface area contributed by atoms with Crippen molar-refractivity contribution in [3.63, 3.8) is 0 Å². The second-order valence-corrected chi connectivity index (χ2v) is 7.21. The molecule has 1 N–H and O–H groups in total. The van der Waals surface area contributed by atoms with Gasteiger partial charge < -0.3 is 10.2 Å². The average Bonchev–Trinajstić information content (AvgIpc) is 3.02. The highest BCUT2D eigenvalue weighted by Gasteiger charge is 2.17. The van der Waals surface area contributed by atoms with E-state index in [0.29, 0.717) is 16.4 Å². The van der Waals surface area contributed by atoms with Crippen molar-refractivity contribution in [1.29, 1.82) is 0 Å². The highest BCUT2D eigenvalue weighted by molar-refractivity contribution is 7.16. The molecule has 3 aromatic rings. The molecule has 0 unspecified atom stereocenters. The summed E-state index contributed by atoms with van der Waals surface area (Å²) in [5, 5.41) is 3.16. The minimum absolute atomic E-state index is 0.0851. The Bertz CT molecular complexity index is 955. The van der Waals surface area contributed by atoms with E-state index in [9.17, 15) is 14.0 Å². The van der Waals surface area contributed by atoms with Crippen LogP contribution in [0.3, 0.4) is 0 Å². The summed E-state index contributed by atoms with van der Waals surface area (Å²) in [5.74, 6) is -0.875. The Morgan fingerprint density at radius 1 is 1.11 bits per heavy atom. The molecular weight excluding hydrogens is 365 g/mol. The standard InChI is InChI=1S/C20H18FN3O2S/c1-13-18(14-8-10-16(21)11-9-14)23-20(27-13)22-17(25)12-24(2)19(26)15-6-4-3-5-7-15/h3-11H,12H2,1-2H3,(H,22,23,25). The second kappa shape index (κ2) is 8.09. The van der Waals surface area contributed by atoms with Crippen LogP contribution >= 0.6 is 11.3 Å². The summed E-state index contributed by atoms with van der Waals surface area (Å²) in [5.41, 5.74) is 2.00. The maximum Gasteiger partial charge on any atom is 0.254 e. The van der Waals surface area contributed by atoms with Crippen LogP contribution in [0.25, 0.3) is 11.3 Å². The summed E-state index contributed by atoms with van der Waals surface area (Å²) in [6.07, 6.45) is 0. The number of aromatic nitrogens is 1. The van der Waals surface area contributed by atoms with Gasteiger partial charge in [-0.05, 0) is 43.3 Å². The van der Waals surface area contributed by atoms with Gasteiger partial charge in [-0.15, -0.1) is 11.3 Å². The zero-order valence-electron chi connectivity index (χ0n) is 14.9. The SMILES string of the molecule is Cc1sc(NC(=O)CN(C)C(=O)c2ccccc2)nc1-c1ccc(F)cc1. The van der Waals surface area contributed by atoms with Gasteiger partial charge in [0.05, 0.1) is 12.2 Å². The maximum absolute atomic E-state index is 13.1. The first kappa shape index (κ1) is 18.7. The first-order chi connectivity index (χ1) is 12.9. The molecule has 0 spiro atoms. The van der Waals surface area contributed by atoms with E-state index in [2.05, 4.69) is 10.3 Å². The van der Waals surface area contributed by atoms with E-state index in [4.69, 9.17) is 0 Å².